The molecule has 6 heteroatoms. The molecule has 0 radical (unpaired) electrons. The summed E-state index contributed by atoms with van der Waals surface area (Å²) in [5.74, 6) is 0.101. The van der Waals surface area contributed by atoms with E-state index < -0.39 is 0 Å². The van der Waals surface area contributed by atoms with Crippen molar-refractivity contribution in [3.05, 3.63) is 41.9 Å². The van der Waals surface area contributed by atoms with E-state index in [-0.39, 0.29) is 11.7 Å². The van der Waals surface area contributed by atoms with Crippen molar-refractivity contribution in [2.24, 2.45) is 0 Å². The van der Waals surface area contributed by atoms with Crippen LogP contribution in [0.2, 0.25) is 0 Å². The zero-order chi connectivity index (χ0) is 16.1. The largest absolute Gasteiger partial charge is 0.494 e. The number of hydrogen-bond acceptors (Lipinski definition) is 5. The third-order valence-corrected chi connectivity index (χ3v) is 3.96. The van der Waals surface area contributed by atoms with Crippen molar-refractivity contribution in [2.75, 3.05) is 51.5 Å². The topological polar surface area (TPSA) is 51.2 Å². The van der Waals surface area contributed by atoms with E-state index in [0.717, 1.165) is 37.6 Å². The minimum Gasteiger partial charge on any atom is -0.494 e. The Kier molecular flexibility index (Phi) is 5.02. The van der Waals surface area contributed by atoms with Crippen molar-refractivity contribution < 1.29 is 19.0 Å². The lowest BCUT2D eigenvalue weighted by Gasteiger charge is -2.31. The van der Waals surface area contributed by atoms with Gasteiger partial charge in [-0.2, -0.15) is 0 Å². The highest BCUT2D eigenvalue weighted by Crippen LogP contribution is 2.23. The third-order valence-electron chi connectivity index (χ3n) is 3.96. The highest BCUT2D eigenvalue weighted by atomic mass is 16.6. The summed E-state index contributed by atoms with van der Waals surface area (Å²) in [7, 11) is 1.78. The van der Waals surface area contributed by atoms with Crippen LogP contribution < -0.4 is 4.90 Å². The summed E-state index contributed by atoms with van der Waals surface area (Å²) in [5.41, 5.74) is 2.27. The molecule has 2 aliphatic rings. The summed E-state index contributed by atoms with van der Waals surface area (Å²) < 4.78 is 15.9. The number of likely N-dealkylation sites (N-methyl/N-ethyl adjacent to an activating group) is 1. The first-order valence-corrected chi connectivity index (χ1v) is 7.86. The molecule has 0 N–H and O–H groups in total. The van der Waals surface area contributed by atoms with Crippen LogP contribution in [0.1, 0.15) is 5.56 Å². The molecule has 0 atom stereocenters. The van der Waals surface area contributed by atoms with Gasteiger partial charge in [0.2, 0.25) is 5.76 Å². The minimum absolute atomic E-state index is 0.165. The molecule has 23 heavy (non-hydrogen) atoms. The maximum atomic E-state index is 12.4. The Morgan fingerprint density at radius 3 is 2.70 bits per heavy atom. The van der Waals surface area contributed by atoms with Crippen molar-refractivity contribution >= 4 is 11.6 Å². The summed E-state index contributed by atoms with van der Waals surface area (Å²) in [6.45, 7) is 4.64. The van der Waals surface area contributed by atoms with Gasteiger partial charge < -0.3 is 24.0 Å². The number of hydrogen-bond donors (Lipinski definition) is 0. The number of para-hydroxylation sites is 1. The van der Waals surface area contributed by atoms with Gasteiger partial charge in [-0.15, -0.1) is 0 Å². The number of anilines is 1. The summed E-state index contributed by atoms with van der Waals surface area (Å²) in [6.07, 6.45) is 1.40. The zero-order valence-electron chi connectivity index (χ0n) is 13.4. The first-order valence-electron chi connectivity index (χ1n) is 7.86. The molecule has 0 bridgehead atoms. The molecule has 1 amide bonds. The van der Waals surface area contributed by atoms with E-state index in [0.29, 0.717) is 19.8 Å². The SMILES string of the molecule is CN(Cc1ccccc1N1CCOCC1)C(=O)C1=COCCO1. The number of benzene rings is 1. The molecular weight excluding hydrogens is 296 g/mol. The fourth-order valence-corrected chi connectivity index (χ4v) is 2.75. The van der Waals surface area contributed by atoms with Crippen LogP contribution >= 0.6 is 0 Å². The van der Waals surface area contributed by atoms with Gasteiger partial charge in [-0.05, 0) is 11.6 Å². The van der Waals surface area contributed by atoms with Crippen molar-refractivity contribution in [3.63, 3.8) is 0 Å². The average molecular weight is 318 g/mol. The Morgan fingerprint density at radius 1 is 1.17 bits per heavy atom. The Hall–Kier alpha value is -2.21. The second-order valence-electron chi connectivity index (χ2n) is 5.59. The van der Waals surface area contributed by atoms with Gasteiger partial charge in [-0.3, -0.25) is 4.79 Å². The Labute approximate surface area is 136 Å². The molecule has 0 unspecified atom stereocenters. The van der Waals surface area contributed by atoms with Gasteiger partial charge >= 0.3 is 0 Å². The lowest BCUT2D eigenvalue weighted by molar-refractivity contribution is -0.131. The van der Waals surface area contributed by atoms with E-state index in [1.165, 1.54) is 6.26 Å². The normalized spacial score (nSPS) is 17.8. The second kappa shape index (κ2) is 7.37. The fourth-order valence-electron chi connectivity index (χ4n) is 2.75. The quantitative estimate of drug-likeness (QED) is 0.839. The van der Waals surface area contributed by atoms with Crippen molar-refractivity contribution in [1.82, 2.24) is 4.90 Å². The predicted octanol–water partition coefficient (Wildman–Crippen LogP) is 1.37. The van der Waals surface area contributed by atoms with Gasteiger partial charge in [0.1, 0.15) is 19.5 Å². The molecule has 0 aromatic heterocycles. The molecule has 2 aliphatic heterocycles. The zero-order valence-corrected chi connectivity index (χ0v) is 13.4. The van der Waals surface area contributed by atoms with E-state index in [1.807, 2.05) is 12.1 Å². The highest BCUT2D eigenvalue weighted by molar-refractivity contribution is 5.91. The van der Waals surface area contributed by atoms with E-state index in [4.69, 9.17) is 14.2 Å². The van der Waals surface area contributed by atoms with Gasteiger partial charge in [0, 0.05) is 32.4 Å². The Bertz CT molecular complexity index is 582. The molecule has 0 saturated carbocycles. The number of carbonyl (C=O) groups excluding carboxylic acids is 1. The van der Waals surface area contributed by atoms with Gasteiger partial charge in [0.05, 0.1) is 13.2 Å². The van der Waals surface area contributed by atoms with Crippen molar-refractivity contribution in [1.29, 1.82) is 0 Å². The van der Waals surface area contributed by atoms with Gasteiger partial charge in [-0.25, -0.2) is 0 Å². The van der Waals surface area contributed by atoms with Crippen LogP contribution in [0.3, 0.4) is 0 Å². The van der Waals surface area contributed by atoms with Crippen LogP contribution in [-0.2, 0) is 25.5 Å². The first kappa shape index (κ1) is 15.7. The summed E-state index contributed by atoms with van der Waals surface area (Å²) in [5, 5.41) is 0. The van der Waals surface area contributed by atoms with E-state index in [2.05, 4.69) is 17.0 Å². The lowest BCUT2D eigenvalue weighted by Crippen LogP contribution is -2.37. The number of amides is 1. The maximum absolute atomic E-state index is 12.4. The molecule has 0 aliphatic carbocycles. The Morgan fingerprint density at radius 2 is 1.96 bits per heavy atom. The number of morpholine rings is 1. The van der Waals surface area contributed by atoms with Crippen LogP contribution in [0.4, 0.5) is 5.69 Å². The number of ether oxygens (including phenoxy) is 3. The third kappa shape index (κ3) is 3.76. The van der Waals surface area contributed by atoms with Crippen LogP contribution in [0, 0.1) is 0 Å². The molecule has 1 aromatic carbocycles. The van der Waals surface area contributed by atoms with Crippen molar-refractivity contribution in [2.45, 2.75) is 6.54 Å². The molecule has 1 fully saturated rings. The summed E-state index contributed by atoms with van der Waals surface area (Å²) in [6, 6.07) is 8.17. The number of nitrogens with zero attached hydrogens (tertiary/aromatic N) is 2. The molecule has 6 nitrogen and oxygen atoms in total. The second-order valence-corrected chi connectivity index (χ2v) is 5.59. The van der Waals surface area contributed by atoms with E-state index >= 15 is 0 Å². The smallest absolute Gasteiger partial charge is 0.292 e. The minimum atomic E-state index is -0.165. The maximum Gasteiger partial charge on any atom is 0.292 e. The Balaban J connectivity index is 1.71. The molecular formula is C17H22N2O4. The monoisotopic (exact) mass is 318 g/mol. The average Bonchev–Trinajstić information content (AvgIpc) is 2.63. The lowest BCUT2D eigenvalue weighted by atomic mass is 10.1. The highest BCUT2D eigenvalue weighted by Gasteiger charge is 2.21. The number of rotatable bonds is 4. The summed E-state index contributed by atoms with van der Waals surface area (Å²) in [4.78, 5) is 16.4. The fraction of sp³-hybridized carbons (Fsp3) is 0.471. The van der Waals surface area contributed by atoms with Crippen molar-refractivity contribution in [3.8, 4) is 0 Å². The summed E-state index contributed by atoms with van der Waals surface area (Å²) >= 11 is 0. The standard InChI is InChI=1S/C17H22N2O4/c1-18(17(20)16-13-22-10-11-23-16)12-14-4-2-3-5-15(14)19-6-8-21-9-7-19/h2-5,13H,6-12H2,1H3. The molecule has 2 heterocycles. The van der Waals surface area contributed by atoms with Gasteiger partial charge in [0.15, 0.2) is 0 Å². The first-order chi connectivity index (χ1) is 11.3. The molecule has 124 valence electrons. The van der Waals surface area contributed by atoms with Crippen LogP contribution in [-0.4, -0.2) is 57.4 Å². The van der Waals surface area contributed by atoms with Gasteiger partial charge in [0.25, 0.3) is 5.91 Å². The van der Waals surface area contributed by atoms with Crippen LogP contribution in [0.5, 0.6) is 0 Å². The van der Waals surface area contributed by atoms with Crippen LogP contribution in [0.15, 0.2) is 36.3 Å². The molecule has 1 saturated heterocycles. The van der Waals surface area contributed by atoms with Gasteiger partial charge in [-0.1, -0.05) is 18.2 Å². The molecule has 1 aromatic rings. The van der Waals surface area contributed by atoms with E-state index in [1.54, 1.807) is 11.9 Å². The molecule has 3 rings (SSSR count). The van der Waals surface area contributed by atoms with E-state index in [9.17, 15) is 4.79 Å². The van der Waals surface area contributed by atoms with Crippen LogP contribution in [0.25, 0.3) is 0 Å². The predicted molar refractivity (Wildman–Crippen MR) is 85.9 cm³/mol. The molecule has 0 spiro atoms. The number of carbonyl (C=O) groups is 1.